The molecular formula is C12H16N4O4. The Labute approximate surface area is 115 Å². The number of hydrogen-bond acceptors (Lipinski definition) is 4. The second kappa shape index (κ2) is 7.62. The zero-order chi connectivity index (χ0) is 15.0. The van der Waals surface area contributed by atoms with Gasteiger partial charge in [-0.1, -0.05) is 6.92 Å². The third-order valence-electron chi connectivity index (χ3n) is 2.20. The van der Waals surface area contributed by atoms with Crippen molar-refractivity contribution >= 4 is 23.5 Å². The molecule has 8 heteroatoms. The first kappa shape index (κ1) is 15.3. The first-order chi connectivity index (χ1) is 9.51. The maximum Gasteiger partial charge on any atom is 0.319 e. The van der Waals surface area contributed by atoms with E-state index in [1.807, 2.05) is 0 Å². The molecule has 0 aliphatic heterocycles. The molecule has 0 bridgehead atoms. The molecule has 5 N–H and O–H groups in total. The van der Waals surface area contributed by atoms with Crippen molar-refractivity contribution < 1.29 is 19.5 Å². The number of phenols is 1. The average Bonchev–Trinajstić information content (AvgIpc) is 2.45. The fourth-order valence-electron chi connectivity index (χ4n) is 1.15. The zero-order valence-electron chi connectivity index (χ0n) is 10.9. The molecule has 1 aromatic rings. The van der Waals surface area contributed by atoms with Crippen LogP contribution in [0.5, 0.6) is 5.75 Å². The molecule has 108 valence electrons. The van der Waals surface area contributed by atoms with E-state index in [2.05, 4.69) is 21.5 Å². The molecule has 0 heterocycles. The van der Waals surface area contributed by atoms with Crippen LogP contribution in [0.4, 0.5) is 10.5 Å². The summed E-state index contributed by atoms with van der Waals surface area (Å²) in [6.45, 7) is 1.36. The van der Waals surface area contributed by atoms with Gasteiger partial charge >= 0.3 is 6.03 Å². The Kier molecular flexibility index (Phi) is 5.82. The minimum atomic E-state index is -0.576. The Morgan fingerprint density at radius 1 is 1.05 bits per heavy atom. The van der Waals surface area contributed by atoms with Gasteiger partial charge in [0.15, 0.2) is 0 Å². The maximum atomic E-state index is 11.4. The van der Waals surface area contributed by atoms with E-state index in [0.717, 1.165) is 0 Å². The summed E-state index contributed by atoms with van der Waals surface area (Å²) in [5.74, 6) is -0.790. The fourth-order valence-corrected chi connectivity index (χ4v) is 1.15. The molecule has 1 rings (SSSR count). The third kappa shape index (κ3) is 5.71. The summed E-state index contributed by atoms with van der Waals surface area (Å²) in [6, 6.07) is 5.28. The normalized spacial score (nSPS) is 9.45. The van der Waals surface area contributed by atoms with Gasteiger partial charge in [0.05, 0.1) is 0 Å². The van der Waals surface area contributed by atoms with Crippen LogP contribution in [0.3, 0.4) is 0 Å². The molecule has 0 atom stereocenters. The van der Waals surface area contributed by atoms with Crippen LogP contribution in [-0.4, -0.2) is 29.5 Å². The number of anilines is 1. The van der Waals surface area contributed by atoms with Crippen LogP contribution in [0, 0.1) is 0 Å². The van der Waals surface area contributed by atoms with Crippen LogP contribution < -0.4 is 21.5 Å². The number of nitrogens with one attached hydrogen (secondary N) is 4. The van der Waals surface area contributed by atoms with Gasteiger partial charge in [-0.25, -0.2) is 4.79 Å². The number of benzene rings is 1. The largest absolute Gasteiger partial charge is 0.508 e. The van der Waals surface area contributed by atoms with Gasteiger partial charge in [0, 0.05) is 12.1 Å². The van der Waals surface area contributed by atoms with Crippen LogP contribution >= 0.6 is 0 Å². The lowest BCUT2D eigenvalue weighted by atomic mass is 10.3. The van der Waals surface area contributed by atoms with Crippen molar-refractivity contribution in [3.05, 3.63) is 24.3 Å². The van der Waals surface area contributed by atoms with E-state index in [9.17, 15) is 14.4 Å². The molecule has 4 amide bonds. The summed E-state index contributed by atoms with van der Waals surface area (Å²) in [4.78, 5) is 33.6. The molecule has 0 aromatic heterocycles. The van der Waals surface area contributed by atoms with E-state index in [-0.39, 0.29) is 24.6 Å². The summed E-state index contributed by atoms with van der Waals surface area (Å²) in [6.07, 6.45) is 0.245. The topological polar surface area (TPSA) is 120 Å². The lowest BCUT2D eigenvalue weighted by molar-refractivity contribution is -0.128. The Hall–Kier alpha value is -2.77. The number of carbonyl (C=O) groups excluding carboxylic acids is 3. The number of rotatable bonds is 4. The quantitative estimate of drug-likeness (QED) is 0.396. The lowest BCUT2D eigenvalue weighted by Crippen LogP contribution is -2.46. The monoisotopic (exact) mass is 280 g/mol. The molecular weight excluding hydrogens is 264 g/mol. The highest BCUT2D eigenvalue weighted by molar-refractivity contribution is 5.92. The van der Waals surface area contributed by atoms with Gasteiger partial charge in [-0.3, -0.25) is 20.4 Å². The number of carbonyl (C=O) groups is 3. The molecule has 1 aromatic carbocycles. The number of amides is 4. The Bertz CT molecular complexity index is 487. The number of aromatic hydroxyl groups is 1. The molecule has 0 fully saturated rings. The molecule has 0 aliphatic carbocycles. The summed E-state index contributed by atoms with van der Waals surface area (Å²) >= 11 is 0. The number of phenolic OH excluding ortho intramolecular Hbond substituents is 1. The minimum absolute atomic E-state index is 0.0852. The van der Waals surface area contributed by atoms with E-state index in [1.165, 1.54) is 24.3 Å². The lowest BCUT2D eigenvalue weighted by Gasteiger charge is -2.08. The van der Waals surface area contributed by atoms with Gasteiger partial charge in [0.2, 0.25) is 5.91 Å². The van der Waals surface area contributed by atoms with Crippen molar-refractivity contribution in [3.8, 4) is 5.75 Å². The van der Waals surface area contributed by atoms with Crippen LogP contribution in [0.1, 0.15) is 13.3 Å². The Balaban J connectivity index is 2.27. The number of urea groups is 1. The number of hydrazine groups is 1. The molecule has 20 heavy (non-hydrogen) atoms. The van der Waals surface area contributed by atoms with Gasteiger partial charge in [0.25, 0.3) is 5.91 Å². The molecule has 0 saturated carbocycles. The molecule has 0 aliphatic rings. The van der Waals surface area contributed by atoms with Gasteiger partial charge in [0.1, 0.15) is 12.3 Å². The molecule has 8 nitrogen and oxygen atoms in total. The van der Waals surface area contributed by atoms with Crippen LogP contribution in [0.25, 0.3) is 0 Å². The average molecular weight is 280 g/mol. The second-order valence-electron chi connectivity index (χ2n) is 3.80. The summed E-state index contributed by atoms with van der Waals surface area (Å²) in [5, 5.41) is 13.9. The first-order valence-corrected chi connectivity index (χ1v) is 5.93. The van der Waals surface area contributed by atoms with Crippen molar-refractivity contribution in [2.24, 2.45) is 0 Å². The predicted octanol–water partition coefficient (Wildman–Crippen LogP) is 0.0711. The minimum Gasteiger partial charge on any atom is -0.508 e. The van der Waals surface area contributed by atoms with Crippen molar-refractivity contribution in [1.82, 2.24) is 16.2 Å². The molecule has 0 saturated heterocycles. The van der Waals surface area contributed by atoms with Gasteiger partial charge in [-0.2, -0.15) is 0 Å². The third-order valence-corrected chi connectivity index (χ3v) is 2.20. The van der Waals surface area contributed by atoms with E-state index in [4.69, 9.17) is 5.11 Å². The van der Waals surface area contributed by atoms with E-state index >= 15 is 0 Å². The summed E-state index contributed by atoms with van der Waals surface area (Å²) < 4.78 is 0. The second-order valence-corrected chi connectivity index (χ2v) is 3.80. The standard InChI is InChI=1S/C12H16N4O4/c1-2-10(18)15-16-11(19)7-13-12(20)14-8-3-5-9(17)6-4-8/h3-6,17H,2,7H2,1H3,(H,15,18)(H,16,19)(H2,13,14,20). The van der Waals surface area contributed by atoms with Crippen LogP contribution in [0.15, 0.2) is 24.3 Å². The highest BCUT2D eigenvalue weighted by Crippen LogP contribution is 2.13. The molecule has 0 spiro atoms. The van der Waals surface area contributed by atoms with Gasteiger partial charge in [-0.15, -0.1) is 0 Å². The Morgan fingerprint density at radius 3 is 2.25 bits per heavy atom. The summed E-state index contributed by atoms with van der Waals surface area (Å²) in [7, 11) is 0. The first-order valence-electron chi connectivity index (χ1n) is 5.93. The van der Waals surface area contributed by atoms with Crippen LogP contribution in [0.2, 0.25) is 0 Å². The van der Waals surface area contributed by atoms with Crippen molar-refractivity contribution in [3.63, 3.8) is 0 Å². The van der Waals surface area contributed by atoms with E-state index in [0.29, 0.717) is 5.69 Å². The highest BCUT2D eigenvalue weighted by Gasteiger charge is 2.06. The van der Waals surface area contributed by atoms with Gasteiger partial charge < -0.3 is 15.7 Å². The smallest absolute Gasteiger partial charge is 0.319 e. The molecule has 0 radical (unpaired) electrons. The summed E-state index contributed by atoms with van der Waals surface area (Å²) in [5.41, 5.74) is 4.79. The fraction of sp³-hybridized carbons (Fsp3) is 0.250. The van der Waals surface area contributed by atoms with Crippen molar-refractivity contribution in [2.45, 2.75) is 13.3 Å². The van der Waals surface area contributed by atoms with Crippen molar-refractivity contribution in [2.75, 3.05) is 11.9 Å². The SMILES string of the molecule is CCC(=O)NNC(=O)CNC(=O)Nc1ccc(O)cc1. The maximum absolute atomic E-state index is 11.4. The highest BCUT2D eigenvalue weighted by atomic mass is 16.3. The van der Waals surface area contributed by atoms with Gasteiger partial charge in [-0.05, 0) is 24.3 Å². The van der Waals surface area contributed by atoms with E-state index in [1.54, 1.807) is 6.92 Å². The van der Waals surface area contributed by atoms with Crippen molar-refractivity contribution in [1.29, 1.82) is 0 Å². The van der Waals surface area contributed by atoms with E-state index < -0.39 is 11.9 Å². The van der Waals surface area contributed by atoms with Crippen LogP contribution in [-0.2, 0) is 9.59 Å². The molecule has 0 unspecified atom stereocenters. The Morgan fingerprint density at radius 2 is 1.65 bits per heavy atom. The predicted molar refractivity (Wildman–Crippen MR) is 71.7 cm³/mol. The number of hydrogen-bond donors (Lipinski definition) is 5. The zero-order valence-corrected chi connectivity index (χ0v) is 10.9.